The van der Waals surface area contributed by atoms with E-state index < -0.39 is 0 Å². The van der Waals surface area contributed by atoms with Crippen LogP contribution in [0.3, 0.4) is 0 Å². The van der Waals surface area contributed by atoms with Crippen molar-refractivity contribution in [3.05, 3.63) is 60.6 Å². The fourth-order valence-electron chi connectivity index (χ4n) is 4.76. The summed E-state index contributed by atoms with van der Waals surface area (Å²) in [7, 11) is 1.91. The van der Waals surface area contributed by atoms with Crippen molar-refractivity contribution >= 4 is 34.1 Å². The number of carbonyl (C=O) groups excluding carboxylic acids is 1. The number of benzene rings is 1. The van der Waals surface area contributed by atoms with E-state index in [4.69, 9.17) is 4.98 Å². The highest BCUT2D eigenvalue weighted by atomic mass is 16.2. The van der Waals surface area contributed by atoms with Gasteiger partial charge < -0.3 is 10.2 Å². The van der Waals surface area contributed by atoms with E-state index in [9.17, 15) is 4.79 Å². The van der Waals surface area contributed by atoms with Crippen molar-refractivity contribution < 1.29 is 4.79 Å². The number of anilines is 3. The Balaban J connectivity index is 1.37. The molecule has 1 aromatic carbocycles. The molecule has 1 saturated heterocycles. The van der Waals surface area contributed by atoms with Gasteiger partial charge in [0.15, 0.2) is 5.82 Å². The Morgan fingerprint density at radius 1 is 1.16 bits per heavy atom. The first kappa shape index (κ1) is 18.8. The maximum Gasteiger partial charge on any atom is 0.327 e. The number of aryl methyl sites for hydroxylation is 2. The van der Waals surface area contributed by atoms with E-state index in [-0.39, 0.29) is 12.1 Å². The summed E-state index contributed by atoms with van der Waals surface area (Å²) in [4.78, 5) is 26.9. The van der Waals surface area contributed by atoms with Gasteiger partial charge in [0.05, 0.1) is 29.1 Å². The molecule has 2 amide bonds. The zero-order valence-electron chi connectivity index (χ0n) is 18.0. The SMILES string of the molecule is Cc1cc(-c2ccc3c(n2)N(C(=O)Nc2ccc4c(cnn4C)c2)[C@H]2CCN3C2)ccn1. The fourth-order valence-corrected chi connectivity index (χ4v) is 4.76. The van der Waals surface area contributed by atoms with Gasteiger partial charge in [0, 0.05) is 48.7 Å². The summed E-state index contributed by atoms with van der Waals surface area (Å²) >= 11 is 0. The van der Waals surface area contributed by atoms with Crippen LogP contribution in [0.1, 0.15) is 12.1 Å². The Bertz CT molecular complexity index is 1360. The number of nitrogens with one attached hydrogen (secondary N) is 1. The van der Waals surface area contributed by atoms with Crippen molar-refractivity contribution in [1.82, 2.24) is 19.7 Å². The van der Waals surface area contributed by atoms with Gasteiger partial charge in [0.1, 0.15) is 0 Å². The lowest BCUT2D eigenvalue weighted by atomic mass is 10.1. The molecule has 1 N–H and O–H groups in total. The Hall–Kier alpha value is -3.94. The van der Waals surface area contributed by atoms with Gasteiger partial charge in [-0.15, -0.1) is 0 Å². The molecule has 1 fully saturated rings. The molecule has 2 bridgehead atoms. The molecule has 0 spiro atoms. The highest BCUT2D eigenvalue weighted by molar-refractivity contribution is 6.05. The molecule has 6 rings (SSSR count). The van der Waals surface area contributed by atoms with Crippen LogP contribution in [0, 0.1) is 6.92 Å². The van der Waals surface area contributed by atoms with Crippen LogP contribution in [0.5, 0.6) is 0 Å². The number of pyridine rings is 2. The van der Waals surface area contributed by atoms with Crippen LogP contribution in [0.2, 0.25) is 0 Å². The van der Waals surface area contributed by atoms with Crippen LogP contribution in [-0.4, -0.2) is 44.9 Å². The molecule has 32 heavy (non-hydrogen) atoms. The van der Waals surface area contributed by atoms with Gasteiger partial charge in [-0.05, 0) is 55.8 Å². The van der Waals surface area contributed by atoms with Gasteiger partial charge in [-0.1, -0.05) is 0 Å². The first-order valence-electron chi connectivity index (χ1n) is 10.8. The van der Waals surface area contributed by atoms with Crippen molar-refractivity contribution in [2.75, 3.05) is 28.2 Å². The molecule has 0 radical (unpaired) electrons. The molecule has 5 heterocycles. The van der Waals surface area contributed by atoms with Crippen molar-refractivity contribution in [2.24, 2.45) is 7.05 Å². The highest BCUT2D eigenvalue weighted by Gasteiger charge is 2.40. The van der Waals surface area contributed by atoms with Gasteiger partial charge in [0.2, 0.25) is 0 Å². The third-order valence-electron chi connectivity index (χ3n) is 6.36. The average molecular weight is 425 g/mol. The van der Waals surface area contributed by atoms with Crippen LogP contribution in [0.25, 0.3) is 22.2 Å². The van der Waals surface area contributed by atoms with Gasteiger partial charge >= 0.3 is 6.03 Å². The molecule has 2 aliphatic rings. The first-order chi connectivity index (χ1) is 15.6. The molecule has 8 nitrogen and oxygen atoms in total. The van der Waals surface area contributed by atoms with Crippen LogP contribution in [0.4, 0.5) is 22.0 Å². The molecule has 2 aliphatic heterocycles. The lowest BCUT2D eigenvalue weighted by molar-refractivity contribution is 0.255. The molecule has 8 heteroatoms. The van der Waals surface area contributed by atoms with Crippen LogP contribution in [-0.2, 0) is 7.05 Å². The predicted octanol–water partition coefficient (Wildman–Crippen LogP) is 3.97. The number of hydrogen-bond donors (Lipinski definition) is 1. The fraction of sp³-hybridized carbons (Fsp3) is 0.250. The number of rotatable bonds is 2. The largest absolute Gasteiger partial charge is 0.366 e. The van der Waals surface area contributed by atoms with Crippen molar-refractivity contribution in [3.8, 4) is 11.3 Å². The van der Waals surface area contributed by atoms with E-state index in [1.165, 1.54) is 0 Å². The van der Waals surface area contributed by atoms with Gasteiger partial charge in [-0.3, -0.25) is 14.6 Å². The molecule has 0 aliphatic carbocycles. The summed E-state index contributed by atoms with van der Waals surface area (Å²) in [5.41, 5.74) is 5.55. The normalized spacial score (nSPS) is 17.0. The second kappa shape index (κ2) is 7.05. The van der Waals surface area contributed by atoms with Crippen LogP contribution >= 0.6 is 0 Å². The molecule has 1 atom stereocenters. The summed E-state index contributed by atoms with van der Waals surface area (Å²) in [6.45, 7) is 3.72. The second-order valence-electron chi connectivity index (χ2n) is 8.46. The maximum atomic E-state index is 13.5. The second-order valence-corrected chi connectivity index (χ2v) is 8.46. The van der Waals surface area contributed by atoms with Crippen LogP contribution < -0.4 is 15.1 Å². The number of aromatic nitrogens is 4. The summed E-state index contributed by atoms with van der Waals surface area (Å²) in [5.74, 6) is 0.714. The monoisotopic (exact) mass is 425 g/mol. The summed E-state index contributed by atoms with van der Waals surface area (Å²) < 4.78 is 1.82. The van der Waals surface area contributed by atoms with Crippen molar-refractivity contribution in [1.29, 1.82) is 0 Å². The zero-order chi connectivity index (χ0) is 21.8. The van der Waals surface area contributed by atoms with E-state index in [0.29, 0.717) is 5.82 Å². The van der Waals surface area contributed by atoms with Gasteiger partial charge in [-0.25, -0.2) is 9.78 Å². The summed E-state index contributed by atoms with van der Waals surface area (Å²) in [6, 6.07) is 13.9. The Morgan fingerprint density at radius 3 is 2.94 bits per heavy atom. The molecule has 0 unspecified atom stereocenters. The van der Waals surface area contributed by atoms with E-state index in [1.54, 1.807) is 12.4 Å². The zero-order valence-corrected chi connectivity index (χ0v) is 18.0. The summed E-state index contributed by atoms with van der Waals surface area (Å²) in [5, 5.41) is 8.36. The minimum Gasteiger partial charge on any atom is -0.366 e. The number of nitrogens with zero attached hydrogens (tertiary/aromatic N) is 6. The van der Waals surface area contributed by atoms with Gasteiger partial charge in [-0.2, -0.15) is 5.10 Å². The number of hydrogen-bond acceptors (Lipinski definition) is 5. The van der Waals surface area contributed by atoms with E-state index in [1.807, 2.05) is 60.0 Å². The standard InChI is InChI=1S/C24H23N7O/c1-15-11-16(7-9-25-15)20-4-6-22-23(28-20)31(19-8-10-30(22)14-19)24(32)27-18-3-5-21-17(12-18)13-26-29(21)2/h3-7,9,11-13,19H,8,10,14H2,1-2H3,(H,27,32)/t19-/m0/s1. The molecule has 160 valence electrons. The number of urea groups is 1. The van der Waals surface area contributed by atoms with E-state index >= 15 is 0 Å². The lowest BCUT2D eigenvalue weighted by Crippen LogP contribution is -2.48. The predicted molar refractivity (Wildman–Crippen MR) is 125 cm³/mol. The quantitative estimate of drug-likeness (QED) is 0.526. The smallest absolute Gasteiger partial charge is 0.327 e. The third kappa shape index (κ3) is 2.98. The average Bonchev–Trinajstić information content (AvgIpc) is 3.38. The number of carbonyl (C=O) groups is 1. The molecule has 0 saturated carbocycles. The minimum absolute atomic E-state index is 0.103. The topological polar surface area (TPSA) is 79.2 Å². The third-order valence-corrected chi connectivity index (χ3v) is 6.36. The minimum atomic E-state index is -0.156. The Kier molecular flexibility index (Phi) is 4.14. The molecular formula is C24H23N7O. The van der Waals surface area contributed by atoms with E-state index in [0.717, 1.165) is 58.7 Å². The maximum absolute atomic E-state index is 13.5. The van der Waals surface area contributed by atoms with Crippen LogP contribution in [0.15, 0.2) is 54.9 Å². The molecular weight excluding hydrogens is 402 g/mol. The molecule has 4 aromatic rings. The Morgan fingerprint density at radius 2 is 2.06 bits per heavy atom. The first-order valence-corrected chi connectivity index (χ1v) is 10.8. The van der Waals surface area contributed by atoms with Crippen molar-refractivity contribution in [2.45, 2.75) is 19.4 Å². The number of fused-ring (bicyclic) bond motifs is 5. The van der Waals surface area contributed by atoms with Crippen molar-refractivity contribution in [3.63, 3.8) is 0 Å². The number of amides is 2. The van der Waals surface area contributed by atoms with Gasteiger partial charge in [0.25, 0.3) is 0 Å². The van der Waals surface area contributed by atoms with E-state index in [2.05, 4.69) is 26.4 Å². The summed E-state index contributed by atoms with van der Waals surface area (Å²) in [6.07, 6.45) is 4.52. The Labute approximate surface area is 185 Å². The molecule has 3 aromatic heterocycles. The highest BCUT2D eigenvalue weighted by Crippen LogP contribution is 2.40. The lowest BCUT2D eigenvalue weighted by Gasteiger charge is -2.36.